The smallest absolute Gasteiger partial charge is 0.0547 e. The Hall–Kier alpha value is -1.85. The third kappa shape index (κ3) is 1.90. The van der Waals surface area contributed by atoms with Crippen molar-refractivity contribution in [3.8, 4) is 0 Å². The first-order valence-electron chi connectivity index (χ1n) is 6.65. The van der Waals surface area contributed by atoms with E-state index in [1.165, 1.54) is 27.1 Å². The van der Waals surface area contributed by atoms with Gasteiger partial charge in [-0.05, 0) is 36.8 Å². The number of benzene rings is 2. The van der Waals surface area contributed by atoms with E-state index in [1.807, 2.05) is 6.08 Å². The second-order valence-electron chi connectivity index (χ2n) is 5.14. The molecule has 0 saturated heterocycles. The molecule has 0 aliphatic carbocycles. The van der Waals surface area contributed by atoms with Crippen molar-refractivity contribution in [3.05, 3.63) is 61.7 Å². The number of nitrogens with zero attached hydrogens (tertiary/aromatic N) is 1. The zero-order chi connectivity index (χ0) is 14.3. The number of allylic oxidation sites excluding steroid dienone is 2. The van der Waals surface area contributed by atoms with Crippen LogP contribution in [-0.4, -0.2) is 17.9 Å². The Balaban J connectivity index is 2.48. The van der Waals surface area contributed by atoms with E-state index in [1.54, 1.807) is 0 Å². The first-order chi connectivity index (χ1) is 9.63. The minimum atomic E-state index is -0.103. The van der Waals surface area contributed by atoms with Crippen LogP contribution in [0.25, 0.3) is 27.5 Å². The zero-order valence-electron chi connectivity index (χ0n) is 11.9. The van der Waals surface area contributed by atoms with Crippen LogP contribution in [0.4, 0.5) is 0 Å². The first kappa shape index (κ1) is 13.1. The van der Waals surface area contributed by atoms with Crippen LogP contribution >= 0.6 is 7.92 Å². The summed E-state index contributed by atoms with van der Waals surface area (Å²) in [6.07, 6.45) is 1.82. The maximum absolute atomic E-state index is 4.14. The molecule has 0 N–H and O–H groups in total. The molecule has 20 heavy (non-hydrogen) atoms. The van der Waals surface area contributed by atoms with Gasteiger partial charge >= 0.3 is 0 Å². The summed E-state index contributed by atoms with van der Waals surface area (Å²) in [7, 11) is -0.103. The summed E-state index contributed by atoms with van der Waals surface area (Å²) < 4.78 is 2.21. The Morgan fingerprint density at radius 1 is 1.05 bits per heavy atom. The summed E-state index contributed by atoms with van der Waals surface area (Å²) in [6, 6.07) is 15.3. The van der Waals surface area contributed by atoms with E-state index in [9.17, 15) is 0 Å². The molecule has 0 saturated carbocycles. The molecule has 0 unspecified atom stereocenters. The summed E-state index contributed by atoms with van der Waals surface area (Å²) in [6.45, 7) is 12.6. The van der Waals surface area contributed by atoms with Gasteiger partial charge in [-0.3, -0.25) is 0 Å². The van der Waals surface area contributed by atoms with Gasteiger partial charge in [0.2, 0.25) is 0 Å². The molecule has 0 amide bonds. The van der Waals surface area contributed by atoms with Gasteiger partial charge in [-0.15, -0.1) is 0 Å². The molecule has 3 aromatic rings. The SMILES string of the molecule is C=CC(=C)n1c2ccccc2c2ccc(P(C)C)cc21. The Bertz CT molecular complexity index is 824. The standard InChI is InChI=1S/C18H18NP/c1-5-13(2)19-17-9-7-6-8-15(17)16-11-10-14(20(3)4)12-18(16)19/h5-12H,1-2H2,3-4H3. The molecule has 0 atom stereocenters. The summed E-state index contributed by atoms with van der Waals surface area (Å²) >= 11 is 0. The Morgan fingerprint density at radius 2 is 1.75 bits per heavy atom. The minimum Gasteiger partial charge on any atom is -0.310 e. The number of para-hydroxylation sites is 1. The molecular weight excluding hydrogens is 261 g/mol. The van der Waals surface area contributed by atoms with Crippen molar-refractivity contribution in [2.75, 3.05) is 13.3 Å². The summed E-state index contributed by atoms with van der Waals surface area (Å²) in [5.41, 5.74) is 3.34. The second kappa shape index (κ2) is 4.92. The molecule has 0 fully saturated rings. The fourth-order valence-corrected chi connectivity index (χ4v) is 3.39. The van der Waals surface area contributed by atoms with Gasteiger partial charge in [-0.1, -0.05) is 51.4 Å². The molecule has 100 valence electrons. The molecule has 1 nitrogen and oxygen atoms in total. The highest BCUT2D eigenvalue weighted by molar-refractivity contribution is 7.64. The lowest BCUT2D eigenvalue weighted by molar-refractivity contribution is 1.25. The molecular formula is C18H18NP. The fraction of sp³-hybridized carbons (Fsp3) is 0.111. The predicted molar refractivity (Wildman–Crippen MR) is 93.4 cm³/mol. The fourth-order valence-electron chi connectivity index (χ4n) is 2.64. The van der Waals surface area contributed by atoms with Crippen LogP contribution in [0.2, 0.25) is 0 Å². The van der Waals surface area contributed by atoms with Crippen LogP contribution in [-0.2, 0) is 0 Å². The number of hydrogen-bond acceptors (Lipinski definition) is 0. The van der Waals surface area contributed by atoms with Crippen LogP contribution in [0.15, 0.2) is 61.7 Å². The van der Waals surface area contributed by atoms with Crippen molar-refractivity contribution in [2.24, 2.45) is 0 Å². The monoisotopic (exact) mass is 279 g/mol. The third-order valence-corrected chi connectivity index (χ3v) is 5.01. The number of rotatable bonds is 3. The quantitative estimate of drug-likeness (QED) is 0.478. The highest BCUT2D eigenvalue weighted by Gasteiger charge is 2.12. The molecule has 2 aromatic carbocycles. The maximum Gasteiger partial charge on any atom is 0.0547 e. The van der Waals surface area contributed by atoms with Gasteiger partial charge in [0.1, 0.15) is 0 Å². The van der Waals surface area contributed by atoms with Crippen molar-refractivity contribution in [1.29, 1.82) is 0 Å². The highest BCUT2D eigenvalue weighted by Crippen LogP contribution is 2.33. The predicted octanol–water partition coefficient (Wildman–Crippen LogP) is 4.82. The van der Waals surface area contributed by atoms with Crippen LogP contribution < -0.4 is 5.30 Å². The van der Waals surface area contributed by atoms with Crippen molar-refractivity contribution < 1.29 is 0 Å². The van der Waals surface area contributed by atoms with E-state index in [2.05, 4.69) is 73.5 Å². The van der Waals surface area contributed by atoms with E-state index in [0.29, 0.717) is 0 Å². The largest absolute Gasteiger partial charge is 0.310 e. The van der Waals surface area contributed by atoms with Gasteiger partial charge in [-0.25, -0.2) is 0 Å². The van der Waals surface area contributed by atoms with Gasteiger partial charge < -0.3 is 4.57 Å². The Morgan fingerprint density at radius 3 is 2.45 bits per heavy atom. The van der Waals surface area contributed by atoms with Crippen LogP contribution in [0.1, 0.15) is 0 Å². The van der Waals surface area contributed by atoms with E-state index in [4.69, 9.17) is 0 Å². The number of hydrogen-bond donors (Lipinski definition) is 0. The van der Waals surface area contributed by atoms with Crippen LogP contribution in [0.5, 0.6) is 0 Å². The number of aromatic nitrogens is 1. The summed E-state index contributed by atoms with van der Waals surface area (Å²) in [5.74, 6) is 0. The van der Waals surface area contributed by atoms with E-state index >= 15 is 0 Å². The molecule has 0 aliphatic heterocycles. The molecule has 0 bridgehead atoms. The van der Waals surface area contributed by atoms with Gasteiger partial charge in [0, 0.05) is 16.5 Å². The molecule has 2 heteroatoms. The summed E-state index contributed by atoms with van der Waals surface area (Å²) in [5, 5.41) is 3.96. The Labute approximate surface area is 121 Å². The van der Waals surface area contributed by atoms with Crippen molar-refractivity contribution in [1.82, 2.24) is 4.57 Å². The lowest BCUT2D eigenvalue weighted by Gasteiger charge is -2.09. The summed E-state index contributed by atoms with van der Waals surface area (Å²) in [4.78, 5) is 0. The zero-order valence-corrected chi connectivity index (χ0v) is 12.8. The van der Waals surface area contributed by atoms with E-state index < -0.39 is 0 Å². The average Bonchev–Trinajstić information content (AvgIpc) is 2.80. The lowest BCUT2D eigenvalue weighted by atomic mass is 10.2. The molecule has 3 rings (SSSR count). The Kier molecular flexibility index (Phi) is 3.23. The topological polar surface area (TPSA) is 4.93 Å². The number of fused-ring (bicyclic) bond motifs is 3. The first-order valence-corrected chi connectivity index (χ1v) is 8.89. The van der Waals surface area contributed by atoms with Gasteiger partial charge in [0.25, 0.3) is 0 Å². The van der Waals surface area contributed by atoms with Gasteiger partial charge in [0.05, 0.1) is 11.0 Å². The molecule has 0 spiro atoms. The van der Waals surface area contributed by atoms with Crippen molar-refractivity contribution in [3.63, 3.8) is 0 Å². The van der Waals surface area contributed by atoms with Crippen molar-refractivity contribution in [2.45, 2.75) is 0 Å². The van der Waals surface area contributed by atoms with E-state index in [-0.39, 0.29) is 7.92 Å². The third-order valence-electron chi connectivity index (χ3n) is 3.70. The molecule has 1 aromatic heterocycles. The van der Waals surface area contributed by atoms with Gasteiger partial charge in [-0.2, -0.15) is 0 Å². The highest BCUT2D eigenvalue weighted by atomic mass is 31.1. The lowest BCUT2D eigenvalue weighted by Crippen LogP contribution is -2.00. The van der Waals surface area contributed by atoms with Crippen molar-refractivity contribution >= 4 is 40.7 Å². The average molecular weight is 279 g/mol. The molecule has 1 heterocycles. The van der Waals surface area contributed by atoms with Crippen LogP contribution in [0.3, 0.4) is 0 Å². The minimum absolute atomic E-state index is 0.103. The van der Waals surface area contributed by atoms with Crippen LogP contribution in [0, 0.1) is 0 Å². The second-order valence-corrected chi connectivity index (χ2v) is 7.45. The molecule has 0 aliphatic rings. The normalized spacial score (nSPS) is 11.3. The molecule has 0 radical (unpaired) electrons. The maximum atomic E-state index is 4.14. The van der Waals surface area contributed by atoms with E-state index in [0.717, 1.165) is 5.70 Å². The van der Waals surface area contributed by atoms with Gasteiger partial charge in [0.15, 0.2) is 0 Å².